The monoisotopic (exact) mass is 384 g/mol. The minimum Gasteiger partial charge on any atom is -0.372 e. The largest absolute Gasteiger partial charge is 0.372 e. The molecule has 0 unspecified atom stereocenters. The molecule has 1 heterocycles. The topological polar surface area (TPSA) is 73.4 Å². The first-order valence-corrected chi connectivity index (χ1v) is 9.82. The number of benzene rings is 1. The van der Waals surface area contributed by atoms with Gasteiger partial charge in [-0.25, -0.2) is 9.97 Å². The van der Waals surface area contributed by atoms with Crippen molar-refractivity contribution in [3.63, 3.8) is 0 Å². The molecule has 7 nitrogen and oxygen atoms in total. The lowest BCUT2D eigenvalue weighted by Crippen LogP contribution is -2.27. The highest BCUT2D eigenvalue weighted by Crippen LogP contribution is 2.24. The maximum Gasteiger partial charge on any atom is 0.271 e. The Morgan fingerprint density at radius 3 is 2.43 bits per heavy atom. The second-order valence-electron chi connectivity index (χ2n) is 7.00. The molecule has 1 aromatic carbocycles. The number of nitrogens with zero attached hydrogens (tertiary/aromatic N) is 4. The van der Waals surface area contributed by atoms with E-state index in [1.807, 2.05) is 14.1 Å². The van der Waals surface area contributed by atoms with E-state index in [9.17, 15) is 4.79 Å². The number of rotatable bonds is 10. The highest BCUT2D eigenvalue weighted by Gasteiger charge is 2.09. The van der Waals surface area contributed by atoms with E-state index in [1.165, 1.54) is 11.9 Å². The van der Waals surface area contributed by atoms with Gasteiger partial charge in [0.15, 0.2) is 0 Å². The van der Waals surface area contributed by atoms with E-state index in [0.717, 1.165) is 37.3 Å². The van der Waals surface area contributed by atoms with Gasteiger partial charge in [-0.15, -0.1) is 0 Å². The summed E-state index contributed by atoms with van der Waals surface area (Å²) in [6.07, 6.45) is 3.99. The van der Waals surface area contributed by atoms with Crippen molar-refractivity contribution in [2.24, 2.45) is 0 Å². The van der Waals surface area contributed by atoms with Crippen molar-refractivity contribution in [2.45, 2.75) is 27.2 Å². The zero-order valence-electron chi connectivity index (χ0n) is 17.6. The molecule has 0 bridgehead atoms. The number of carbonyl (C=O) groups is 1. The second-order valence-corrected chi connectivity index (χ2v) is 7.00. The number of aryl methyl sites for hydroxylation is 1. The Labute approximate surface area is 168 Å². The number of hydrogen-bond donors (Lipinski definition) is 2. The molecule has 0 spiro atoms. The number of nitrogens with one attached hydrogen (secondary N) is 2. The molecule has 0 aliphatic rings. The molecular weight excluding hydrogens is 352 g/mol. The normalized spacial score (nSPS) is 10.8. The van der Waals surface area contributed by atoms with Crippen LogP contribution in [-0.4, -0.2) is 61.0 Å². The molecule has 2 aromatic rings. The third-order valence-electron chi connectivity index (χ3n) is 4.55. The third kappa shape index (κ3) is 6.20. The predicted octanol–water partition coefficient (Wildman–Crippen LogP) is 3.06. The van der Waals surface area contributed by atoms with Crippen molar-refractivity contribution >= 4 is 23.1 Å². The molecule has 2 rings (SSSR count). The molecule has 0 saturated carbocycles. The fraction of sp³-hybridized carbons (Fsp3) is 0.476. The van der Waals surface area contributed by atoms with Crippen LogP contribution in [-0.2, 0) is 0 Å². The van der Waals surface area contributed by atoms with E-state index in [1.54, 1.807) is 6.20 Å². The molecule has 0 fully saturated rings. The van der Waals surface area contributed by atoms with E-state index in [-0.39, 0.29) is 5.91 Å². The first-order valence-electron chi connectivity index (χ1n) is 9.82. The lowest BCUT2D eigenvalue weighted by molar-refractivity contribution is 0.0947. The minimum absolute atomic E-state index is 0.197. The SMILES string of the molecule is CCN(CC)c1ccc(Nc2cnc(C(=O)NCCCN(C)C)cn2)c(C)c1. The lowest BCUT2D eigenvalue weighted by Gasteiger charge is -2.22. The van der Waals surface area contributed by atoms with Crippen LogP contribution in [0.4, 0.5) is 17.2 Å². The summed E-state index contributed by atoms with van der Waals surface area (Å²) in [6, 6.07) is 6.32. The van der Waals surface area contributed by atoms with E-state index < -0.39 is 0 Å². The van der Waals surface area contributed by atoms with Gasteiger partial charge in [0.25, 0.3) is 5.91 Å². The number of hydrogen-bond acceptors (Lipinski definition) is 6. The molecule has 0 aliphatic carbocycles. The maximum atomic E-state index is 12.1. The van der Waals surface area contributed by atoms with E-state index in [2.05, 4.69) is 69.4 Å². The summed E-state index contributed by atoms with van der Waals surface area (Å²) in [4.78, 5) is 25.1. The van der Waals surface area contributed by atoms with Gasteiger partial charge in [-0.2, -0.15) is 0 Å². The highest BCUT2D eigenvalue weighted by molar-refractivity contribution is 5.92. The van der Waals surface area contributed by atoms with Gasteiger partial charge in [0.2, 0.25) is 0 Å². The quantitative estimate of drug-likeness (QED) is 0.614. The van der Waals surface area contributed by atoms with Crippen LogP contribution < -0.4 is 15.5 Å². The third-order valence-corrected chi connectivity index (χ3v) is 4.55. The Bertz CT molecular complexity index is 756. The van der Waals surface area contributed by atoms with Crippen molar-refractivity contribution < 1.29 is 4.79 Å². The molecule has 0 atom stereocenters. The highest BCUT2D eigenvalue weighted by atomic mass is 16.1. The average Bonchev–Trinajstić information content (AvgIpc) is 2.68. The molecule has 7 heteroatoms. The Morgan fingerprint density at radius 2 is 1.86 bits per heavy atom. The zero-order chi connectivity index (χ0) is 20.5. The molecule has 152 valence electrons. The molecule has 1 aromatic heterocycles. The van der Waals surface area contributed by atoms with Crippen LogP contribution >= 0.6 is 0 Å². The van der Waals surface area contributed by atoms with Gasteiger partial charge in [0, 0.05) is 31.0 Å². The van der Waals surface area contributed by atoms with Crippen LogP contribution in [0.25, 0.3) is 0 Å². The van der Waals surface area contributed by atoms with Gasteiger partial charge in [0.05, 0.1) is 12.4 Å². The number of aromatic nitrogens is 2. The molecule has 1 amide bonds. The first-order chi connectivity index (χ1) is 13.4. The van der Waals surface area contributed by atoms with E-state index in [0.29, 0.717) is 18.1 Å². The summed E-state index contributed by atoms with van der Waals surface area (Å²) < 4.78 is 0. The summed E-state index contributed by atoms with van der Waals surface area (Å²) in [5.74, 6) is 0.417. The van der Waals surface area contributed by atoms with Gasteiger partial charge < -0.3 is 20.4 Å². The standard InChI is InChI=1S/C21H32N6O/c1-6-27(7-2)17-9-10-18(16(3)13-17)25-20-15-23-19(14-24-20)21(28)22-11-8-12-26(4)5/h9-10,13-15H,6-8,11-12H2,1-5H3,(H,22,28)(H,24,25). The number of amides is 1. The van der Waals surface area contributed by atoms with Crippen LogP contribution in [0.2, 0.25) is 0 Å². The van der Waals surface area contributed by atoms with Crippen molar-refractivity contribution in [3.8, 4) is 0 Å². The van der Waals surface area contributed by atoms with Gasteiger partial charge in [-0.1, -0.05) is 0 Å². The Kier molecular flexibility index (Phi) is 8.19. The fourth-order valence-electron chi connectivity index (χ4n) is 2.91. The zero-order valence-corrected chi connectivity index (χ0v) is 17.6. The average molecular weight is 385 g/mol. The fourth-order valence-corrected chi connectivity index (χ4v) is 2.91. The first kappa shape index (κ1) is 21.6. The van der Waals surface area contributed by atoms with Crippen LogP contribution in [0.1, 0.15) is 36.3 Å². The molecule has 28 heavy (non-hydrogen) atoms. The van der Waals surface area contributed by atoms with Gasteiger partial charge in [-0.05, 0) is 71.6 Å². The number of anilines is 3. The van der Waals surface area contributed by atoms with E-state index >= 15 is 0 Å². The Morgan fingerprint density at radius 1 is 1.11 bits per heavy atom. The van der Waals surface area contributed by atoms with E-state index in [4.69, 9.17) is 0 Å². The molecule has 0 radical (unpaired) electrons. The van der Waals surface area contributed by atoms with Crippen molar-refractivity contribution in [1.82, 2.24) is 20.2 Å². The summed E-state index contributed by atoms with van der Waals surface area (Å²) in [6.45, 7) is 9.89. The molecule has 2 N–H and O–H groups in total. The summed E-state index contributed by atoms with van der Waals surface area (Å²) in [5.41, 5.74) is 3.64. The summed E-state index contributed by atoms with van der Waals surface area (Å²) >= 11 is 0. The smallest absolute Gasteiger partial charge is 0.271 e. The lowest BCUT2D eigenvalue weighted by atomic mass is 10.1. The van der Waals surface area contributed by atoms with Crippen molar-refractivity contribution in [2.75, 3.05) is 50.5 Å². The van der Waals surface area contributed by atoms with Crippen LogP contribution in [0, 0.1) is 6.92 Å². The number of carbonyl (C=O) groups excluding carboxylic acids is 1. The minimum atomic E-state index is -0.197. The molecule has 0 saturated heterocycles. The summed E-state index contributed by atoms with van der Waals surface area (Å²) in [7, 11) is 4.02. The summed E-state index contributed by atoms with van der Waals surface area (Å²) in [5, 5.41) is 6.14. The second kappa shape index (κ2) is 10.6. The predicted molar refractivity (Wildman–Crippen MR) is 116 cm³/mol. The van der Waals surface area contributed by atoms with Crippen LogP contribution in [0.5, 0.6) is 0 Å². The molecule has 0 aliphatic heterocycles. The van der Waals surface area contributed by atoms with Gasteiger partial charge in [0.1, 0.15) is 11.5 Å². The van der Waals surface area contributed by atoms with Crippen molar-refractivity contribution in [3.05, 3.63) is 41.9 Å². The maximum absolute atomic E-state index is 12.1. The molecular formula is C21H32N6O. The van der Waals surface area contributed by atoms with Crippen molar-refractivity contribution in [1.29, 1.82) is 0 Å². The van der Waals surface area contributed by atoms with Crippen LogP contribution in [0.15, 0.2) is 30.6 Å². The van der Waals surface area contributed by atoms with Gasteiger partial charge >= 0.3 is 0 Å². The Balaban J connectivity index is 1.96. The Hall–Kier alpha value is -2.67. The van der Waals surface area contributed by atoms with Gasteiger partial charge in [-0.3, -0.25) is 4.79 Å². The van der Waals surface area contributed by atoms with Crippen LogP contribution in [0.3, 0.4) is 0 Å².